The van der Waals surface area contributed by atoms with Crippen LogP contribution in [-0.4, -0.2) is 42.3 Å². The van der Waals surface area contributed by atoms with Crippen LogP contribution in [-0.2, 0) is 9.59 Å². The van der Waals surface area contributed by atoms with Gasteiger partial charge in [0.2, 0.25) is 11.8 Å². The van der Waals surface area contributed by atoms with Crippen LogP contribution in [0.5, 0.6) is 0 Å². The molecule has 0 aliphatic carbocycles. The van der Waals surface area contributed by atoms with Crippen LogP contribution in [0.2, 0.25) is 0 Å². The molecule has 3 rings (SSSR count). The first-order valence-corrected chi connectivity index (χ1v) is 9.61. The number of likely N-dealkylation sites (N-methyl/N-ethyl adjacent to an activating group) is 1. The number of nitrogens with one attached hydrogen (secondary N) is 1. The Hall–Kier alpha value is -2.99. The Morgan fingerprint density at radius 1 is 1.17 bits per heavy atom. The molecule has 0 spiro atoms. The fourth-order valence-electron chi connectivity index (χ4n) is 3.68. The summed E-state index contributed by atoms with van der Waals surface area (Å²) in [5.74, 6) is -0.572. The summed E-state index contributed by atoms with van der Waals surface area (Å²) >= 11 is 0. The molecule has 0 saturated carbocycles. The van der Waals surface area contributed by atoms with Crippen LogP contribution in [0.15, 0.2) is 54.7 Å². The van der Waals surface area contributed by atoms with Gasteiger partial charge in [-0.3, -0.25) is 9.59 Å². The molecule has 1 aliphatic rings. The smallest absolute Gasteiger partial charge is 0.223 e. The number of benzene rings is 2. The maximum absolute atomic E-state index is 13.6. The lowest BCUT2D eigenvalue weighted by molar-refractivity contribution is -0.130. The lowest BCUT2D eigenvalue weighted by Crippen LogP contribution is -2.38. The molecule has 1 heterocycles. The minimum absolute atomic E-state index is 0.112. The molecule has 6 heteroatoms. The van der Waals surface area contributed by atoms with Gasteiger partial charge in [-0.2, -0.15) is 0 Å². The third-order valence-corrected chi connectivity index (χ3v) is 5.20. The van der Waals surface area contributed by atoms with Gasteiger partial charge in [0.15, 0.2) is 0 Å². The molecule has 0 unspecified atom stereocenters. The first kappa shape index (κ1) is 20.7. The third kappa shape index (κ3) is 4.90. The predicted molar refractivity (Wildman–Crippen MR) is 111 cm³/mol. The van der Waals surface area contributed by atoms with Crippen LogP contribution >= 0.6 is 0 Å². The second kappa shape index (κ2) is 9.01. The summed E-state index contributed by atoms with van der Waals surface area (Å²) in [6.45, 7) is 1.84. The molecular weight excluding hydrogens is 369 g/mol. The molecule has 29 heavy (non-hydrogen) atoms. The summed E-state index contributed by atoms with van der Waals surface area (Å²) in [6.07, 6.45) is 3.78. The van der Waals surface area contributed by atoms with Gasteiger partial charge in [0, 0.05) is 19.7 Å². The molecule has 0 bridgehead atoms. The number of rotatable bonds is 6. The van der Waals surface area contributed by atoms with Crippen LogP contribution in [0, 0.1) is 5.82 Å². The topological polar surface area (TPSA) is 52.7 Å². The molecule has 0 aromatic heterocycles. The zero-order chi connectivity index (χ0) is 21.0. The van der Waals surface area contributed by atoms with E-state index in [1.807, 2.05) is 55.4 Å². The van der Waals surface area contributed by atoms with E-state index in [1.54, 1.807) is 17.2 Å². The Labute approximate surface area is 170 Å². The quantitative estimate of drug-likeness (QED) is 0.814. The number of hydrogen-bond acceptors (Lipinski definition) is 3. The fraction of sp³-hybridized carbons (Fsp3) is 0.304. The average molecular weight is 395 g/mol. The number of halogens is 1. The highest BCUT2D eigenvalue weighted by Crippen LogP contribution is 2.32. The van der Waals surface area contributed by atoms with Crippen molar-refractivity contribution in [3.8, 4) is 0 Å². The first-order valence-electron chi connectivity index (χ1n) is 9.61. The van der Waals surface area contributed by atoms with Crippen molar-refractivity contribution in [2.75, 3.05) is 20.6 Å². The number of carbonyl (C=O) groups is 2. The lowest BCUT2D eigenvalue weighted by atomic mass is 9.93. The SMILES string of the molecule is CC(=O)N1C=Cc2ccccc2[C@@H]1CC(=O)NC[C@H](c1cccc(F)c1)N(C)C. The molecule has 0 saturated heterocycles. The van der Waals surface area contributed by atoms with E-state index in [4.69, 9.17) is 0 Å². The predicted octanol–water partition coefficient (Wildman–Crippen LogP) is 3.51. The van der Waals surface area contributed by atoms with Crippen molar-refractivity contribution in [2.24, 2.45) is 0 Å². The highest BCUT2D eigenvalue weighted by atomic mass is 19.1. The van der Waals surface area contributed by atoms with Gasteiger partial charge in [-0.1, -0.05) is 36.4 Å². The molecular formula is C23H26FN3O2. The molecule has 2 aromatic carbocycles. The highest BCUT2D eigenvalue weighted by Gasteiger charge is 2.28. The van der Waals surface area contributed by atoms with Gasteiger partial charge in [0.05, 0.1) is 18.5 Å². The van der Waals surface area contributed by atoms with Crippen LogP contribution in [0.4, 0.5) is 4.39 Å². The van der Waals surface area contributed by atoms with Crippen molar-refractivity contribution in [2.45, 2.75) is 25.4 Å². The molecule has 152 valence electrons. The molecule has 5 nitrogen and oxygen atoms in total. The van der Waals surface area contributed by atoms with Crippen LogP contribution in [0.3, 0.4) is 0 Å². The molecule has 0 fully saturated rings. The second-order valence-corrected chi connectivity index (χ2v) is 7.43. The normalized spacial score (nSPS) is 16.4. The van der Waals surface area contributed by atoms with E-state index >= 15 is 0 Å². The summed E-state index contributed by atoms with van der Waals surface area (Å²) in [4.78, 5) is 28.4. The summed E-state index contributed by atoms with van der Waals surface area (Å²) in [5, 5.41) is 2.95. The monoisotopic (exact) mass is 395 g/mol. The number of amides is 2. The number of fused-ring (bicyclic) bond motifs is 1. The summed E-state index contributed by atoms with van der Waals surface area (Å²) in [5.41, 5.74) is 2.76. The average Bonchev–Trinajstić information content (AvgIpc) is 2.68. The maximum atomic E-state index is 13.6. The Bertz CT molecular complexity index is 926. The molecule has 2 atom stereocenters. The molecule has 2 aromatic rings. The van der Waals surface area contributed by atoms with Crippen LogP contribution in [0.25, 0.3) is 6.08 Å². The van der Waals surface area contributed by atoms with Crippen molar-refractivity contribution >= 4 is 17.9 Å². The number of hydrogen-bond donors (Lipinski definition) is 1. The summed E-state index contributed by atoms with van der Waals surface area (Å²) in [6, 6.07) is 13.7. The van der Waals surface area contributed by atoms with Crippen molar-refractivity contribution in [3.05, 3.63) is 77.2 Å². The Balaban J connectivity index is 1.71. The second-order valence-electron chi connectivity index (χ2n) is 7.43. The van der Waals surface area contributed by atoms with Crippen molar-refractivity contribution < 1.29 is 14.0 Å². The zero-order valence-electron chi connectivity index (χ0n) is 16.9. The van der Waals surface area contributed by atoms with Gasteiger partial charge in [-0.05, 0) is 49.0 Å². The van der Waals surface area contributed by atoms with Gasteiger partial charge in [-0.15, -0.1) is 0 Å². The van der Waals surface area contributed by atoms with Gasteiger partial charge < -0.3 is 15.1 Å². The number of carbonyl (C=O) groups excluding carboxylic acids is 2. The number of nitrogens with zero attached hydrogens (tertiary/aromatic N) is 2. The minimum atomic E-state index is -0.347. The fourth-order valence-corrected chi connectivity index (χ4v) is 3.68. The standard InChI is InChI=1S/C23H26FN3O2/c1-16(28)27-12-11-17-7-4-5-10-20(17)21(27)14-23(29)25-15-22(26(2)3)18-8-6-9-19(24)13-18/h4-13,21-22H,14-15H2,1-3H3,(H,25,29)/t21-,22+/m0/s1. The van der Waals surface area contributed by atoms with Crippen molar-refractivity contribution in [1.29, 1.82) is 0 Å². The van der Waals surface area contributed by atoms with E-state index in [-0.39, 0.29) is 36.1 Å². The third-order valence-electron chi connectivity index (χ3n) is 5.20. The largest absolute Gasteiger partial charge is 0.354 e. The van der Waals surface area contributed by atoms with E-state index in [2.05, 4.69) is 5.32 Å². The molecule has 1 aliphatic heterocycles. The van der Waals surface area contributed by atoms with E-state index < -0.39 is 0 Å². The summed E-state index contributed by atoms with van der Waals surface area (Å²) < 4.78 is 13.6. The highest BCUT2D eigenvalue weighted by molar-refractivity contribution is 5.81. The molecule has 1 N–H and O–H groups in total. The Morgan fingerprint density at radius 2 is 1.93 bits per heavy atom. The van der Waals surface area contributed by atoms with E-state index in [0.717, 1.165) is 16.7 Å². The lowest BCUT2D eigenvalue weighted by Gasteiger charge is -2.32. The van der Waals surface area contributed by atoms with Crippen molar-refractivity contribution in [3.63, 3.8) is 0 Å². The van der Waals surface area contributed by atoms with E-state index in [1.165, 1.54) is 19.1 Å². The Morgan fingerprint density at radius 3 is 2.62 bits per heavy atom. The molecule has 0 radical (unpaired) electrons. The summed E-state index contributed by atoms with van der Waals surface area (Å²) in [7, 11) is 3.78. The maximum Gasteiger partial charge on any atom is 0.223 e. The van der Waals surface area contributed by atoms with Crippen LogP contribution < -0.4 is 5.32 Å². The van der Waals surface area contributed by atoms with Gasteiger partial charge in [-0.25, -0.2) is 4.39 Å². The van der Waals surface area contributed by atoms with E-state index in [0.29, 0.717) is 6.54 Å². The van der Waals surface area contributed by atoms with Gasteiger partial charge in [0.1, 0.15) is 5.82 Å². The first-order chi connectivity index (χ1) is 13.9. The Kier molecular flexibility index (Phi) is 6.44. The van der Waals surface area contributed by atoms with E-state index in [9.17, 15) is 14.0 Å². The molecule has 2 amide bonds. The van der Waals surface area contributed by atoms with Crippen LogP contribution in [0.1, 0.15) is 42.1 Å². The van der Waals surface area contributed by atoms with Gasteiger partial charge >= 0.3 is 0 Å². The minimum Gasteiger partial charge on any atom is -0.354 e. The van der Waals surface area contributed by atoms with Crippen molar-refractivity contribution in [1.82, 2.24) is 15.1 Å². The van der Waals surface area contributed by atoms with Gasteiger partial charge in [0.25, 0.3) is 0 Å². The zero-order valence-corrected chi connectivity index (χ0v) is 16.9.